The van der Waals surface area contributed by atoms with Crippen molar-refractivity contribution in [2.45, 2.75) is 79.0 Å². The number of methoxy groups -OCH3 is 1. The molecule has 0 unspecified atom stereocenters. The second kappa shape index (κ2) is 13.1. The predicted octanol–water partition coefficient (Wildman–Crippen LogP) is 4.63. The first kappa shape index (κ1) is 29.7. The first-order valence-corrected chi connectivity index (χ1v) is 12.5. The molecular weight excluding hydrogens is 476 g/mol. The Hall–Kier alpha value is -3.56. The molecule has 0 radical (unpaired) electrons. The maximum absolute atomic E-state index is 13.2. The summed E-state index contributed by atoms with van der Waals surface area (Å²) in [6.07, 6.45) is 1.77. The third-order valence-corrected chi connectivity index (χ3v) is 5.14. The van der Waals surface area contributed by atoms with E-state index in [0.29, 0.717) is 24.2 Å². The van der Waals surface area contributed by atoms with E-state index in [-0.39, 0.29) is 23.5 Å². The Morgan fingerprint density at radius 1 is 1.05 bits per heavy atom. The van der Waals surface area contributed by atoms with E-state index in [0.717, 1.165) is 5.39 Å². The van der Waals surface area contributed by atoms with Gasteiger partial charge in [0.2, 0.25) is 5.91 Å². The van der Waals surface area contributed by atoms with Crippen molar-refractivity contribution in [2.75, 3.05) is 7.11 Å². The molecule has 10 nitrogen and oxygen atoms in total. The molecule has 0 aliphatic carbocycles. The molecular formula is C27H40N4O6. The maximum Gasteiger partial charge on any atom is 0.428 e. The second-order valence-electron chi connectivity index (χ2n) is 10.8. The molecule has 0 bridgehead atoms. The average molecular weight is 517 g/mol. The zero-order valence-corrected chi connectivity index (χ0v) is 23.0. The normalized spacial score (nSPS) is 13.6. The molecule has 3 amide bonds. The van der Waals surface area contributed by atoms with Crippen LogP contribution in [0.3, 0.4) is 0 Å². The molecule has 37 heavy (non-hydrogen) atoms. The molecule has 1 aromatic heterocycles. The van der Waals surface area contributed by atoms with Crippen LogP contribution in [0.1, 0.15) is 71.9 Å². The number of amides is 3. The molecule has 0 aliphatic heterocycles. The van der Waals surface area contributed by atoms with E-state index in [9.17, 15) is 14.4 Å². The fourth-order valence-electron chi connectivity index (χ4n) is 3.67. The maximum atomic E-state index is 13.2. The van der Waals surface area contributed by atoms with Gasteiger partial charge >= 0.3 is 6.09 Å². The molecule has 1 heterocycles. The van der Waals surface area contributed by atoms with Crippen LogP contribution in [-0.2, 0) is 9.53 Å². The van der Waals surface area contributed by atoms with Crippen molar-refractivity contribution < 1.29 is 28.3 Å². The van der Waals surface area contributed by atoms with Crippen molar-refractivity contribution in [1.29, 1.82) is 0 Å². The third kappa shape index (κ3) is 9.78. The number of nitrogens with zero attached hydrogens (tertiary/aromatic N) is 1. The van der Waals surface area contributed by atoms with E-state index >= 15 is 0 Å². The minimum absolute atomic E-state index is 0.0860. The van der Waals surface area contributed by atoms with Crippen molar-refractivity contribution >= 4 is 35.1 Å². The Labute approximate surface area is 218 Å². The van der Waals surface area contributed by atoms with Crippen molar-refractivity contribution in [3.05, 3.63) is 30.0 Å². The monoisotopic (exact) mass is 516 g/mol. The van der Waals surface area contributed by atoms with E-state index in [1.807, 2.05) is 39.8 Å². The number of fused-ring (bicyclic) bond motifs is 1. The third-order valence-electron chi connectivity index (χ3n) is 5.14. The van der Waals surface area contributed by atoms with Gasteiger partial charge < -0.3 is 24.5 Å². The molecule has 0 aliphatic rings. The molecule has 2 aromatic rings. The van der Waals surface area contributed by atoms with Crippen molar-refractivity contribution in [1.82, 2.24) is 16.1 Å². The number of rotatable bonds is 11. The standard InChI is InChI=1S/C27H40N4O6/c1-16(2)12-19(15-28-31-26(34)37-27(5,6)7)29-24(32)20(13-17(3)4)30-25(33)22-14-18-10-9-11-21(35-8)23(18)36-22/h9-11,14-17,19-20H,12-13H2,1-8H3,(H,29,32)(H,30,33)(H,31,34)/t19-,20-/m0/s1. The predicted molar refractivity (Wildman–Crippen MR) is 143 cm³/mol. The lowest BCUT2D eigenvalue weighted by molar-refractivity contribution is -0.123. The Balaban J connectivity index is 2.14. The van der Waals surface area contributed by atoms with Crippen LogP contribution in [0.25, 0.3) is 11.0 Å². The van der Waals surface area contributed by atoms with Gasteiger partial charge in [-0.3, -0.25) is 9.59 Å². The van der Waals surface area contributed by atoms with E-state index in [4.69, 9.17) is 13.9 Å². The fourth-order valence-corrected chi connectivity index (χ4v) is 3.67. The summed E-state index contributed by atoms with van der Waals surface area (Å²) >= 11 is 0. The second-order valence-corrected chi connectivity index (χ2v) is 10.8. The van der Waals surface area contributed by atoms with Gasteiger partial charge in [0, 0.05) is 11.6 Å². The van der Waals surface area contributed by atoms with Gasteiger partial charge in [0.1, 0.15) is 11.6 Å². The van der Waals surface area contributed by atoms with Gasteiger partial charge in [0.15, 0.2) is 17.1 Å². The smallest absolute Gasteiger partial charge is 0.428 e. The zero-order valence-electron chi connectivity index (χ0n) is 23.0. The highest BCUT2D eigenvalue weighted by molar-refractivity contribution is 5.99. The lowest BCUT2D eigenvalue weighted by Crippen LogP contribution is -2.51. The van der Waals surface area contributed by atoms with Gasteiger partial charge in [-0.05, 0) is 57.6 Å². The topological polar surface area (TPSA) is 131 Å². The minimum atomic E-state index is -0.801. The highest BCUT2D eigenvalue weighted by Gasteiger charge is 2.26. The molecule has 0 saturated carbocycles. The van der Waals surface area contributed by atoms with Crippen molar-refractivity contribution in [3.8, 4) is 5.75 Å². The SMILES string of the molecule is COc1cccc2cc(C(=O)N[C@@H](CC(C)C)C(=O)N[C@H](C=NNC(=O)OC(C)(C)C)CC(C)C)oc12. The van der Waals surface area contributed by atoms with E-state index in [2.05, 4.69) is 21.2 Å². The molecule has 0 saturated heterocycles. The number of hydrogen-bond donors (Lipinski definition) is 3. The largest absolute Gasteiger partial charge is 0.493 e. The number of furan rings is 1. The van der Waals surface area contributed by atoms with E-state index in [1.54, 1.807) is 32.9 Å². The summed E-state index contributed by atoms with van der Waals surface area (Å²) in [6, 6.07) is 5.72. The Morgan fingerprint density at radius 3 is 2.32 bits per heavy atom. The van der Waals surface area contributed by atoms with Gasteiger partial charge in [-0.2, -0.15) is 5.10 Å². The lowest BCUT2D eigenvalue weighted by atomic mass is 10.0. The van der Waals surface area contributed by atoms with Crippen LogP contribution in [0, 0.1) is 11.8 Å². The Morgan fingerprint density at radius 2 is 1.73 bits per heavy atom. The summed E-state index contributed by atoms with van der Waals surface area (Å²) < 4.78 is 16.2. The summed E-state index contributed by atoms with van der Waals surface area (Å²) in [4.78, 5) is 38.1. The van der Waals surface area contributed by atoms with E-state index < -0.39 is 29.7 Å². The number of hydrazone groups is 1. The van der Waals surface area contributed by atoms with Crippen LogP contribution in [0.15, 0.2) is 33.8 Å². The first-order chi connectivity index (χ1) is 17.3. The Kier molecular flexibility index (Phi) is 10.5. The van der Waals surface area contributed by atoms with Crippen LogP contribution < -0.4 is 20.8 Å². The van der Waals surface area contributed by atoms with Crippen molar-refractivity contribution in [2.24, 2.45) is 16.9 Å². The van der Waals surface area contributed by atoms with Crippen LogP contribution in [0.4, 0.5) is 4.79 Å². The van der Waals surface area contributed by atoms with Gasteiger partial charge in [-0.25, -0.2) is 10.2 Å². The van der Waals surface area contributed by atoms with E-state index in [1.165, 1.54) is 13.3 Å². The number of para-hydroxylation sites is 1. The minimum Gasteiger partial charge on any atom is -0.493 e. The molecule has 3 N–H and O–H groups in total. The number of ether oxygens (including phenoxy) is 2. The summed E-state index contributed by atoms with van der Waals surface area (Å²) in [6.45, 7) is 13.2. The number of benzene rings is 1. The first-order valence-electron chi connectivity index (χ1n) is 12.5. The summed E-state index contributed by atoms with van der Waals surface area (Å²) in [5, 5.41) is 10.4. The lowest BCUT2D eigenvalue weighted by Gasteiger charge is -2.23. The molecule has 2 atom stereocenters. The summed E-state index contributed by atoms with van der Waals surface area (Å²) in [5.74, 6) is 0.122. The number of hydrogen-bond acceptors (Lipinski definition) is 7. The summed E-state index contributed by atoms with van der Waals surface area (Å²) in [5.41, 5.74) is 2.13. The molecule has 0 fully saturated rings. The molecule has 1 aromatic carbocycles. The van der Waals surface area contributed by atoms with Gasteiger partial charge in [0.25, 0.3) is 5.91 Å². The summed E-state index contributed by atoms with van der Waals surface area (Å²) in [7, 11) is 1.53. The molecule has 2 rings (SSSR count). The number of carbonyl (C=O) groups excluding carboxylic acids is 3. The number of nitrogens with one attached hydrogen (secondary N) is 3. The highest BCUT2D eigenvalue weighted by Crippen LogP contribution is 2.28. The highest BCUT2D eigenvalue weighted by atomic mass is 16.6. The van der Waals surface area contributed by atoms with Gasteiger partial charge in [0.05, 0.1) is 13.2 Å². The zero-order chi connectivity index (χ0) is 27.8. The molecule has 10 heteroatoms. The average Bonchev–Trinajstić information content (AvgIpc) is 3.21. The quantitative estimate of drug-likeness (QED) is 0.295. The molecule has 0 spiro atoms. The van der Waals surface area contributed by atoms with Crippen LogP contribution in [0.2, 0.25) is 0 Å². The Bertz CT molecular complexity index is 1100. The van der Waals surface area contributed by atoms with Crippen LogP contribution >= 0.6 is 0 Å². The van der Waals surface area contributed by atoms with Crippen LogP contribution in [-0.4, -0.2) is 48.9 Å². The van der Waals surface area contributed by atoms with Gasteiger partial charge in [-0.1, -0.05) is 39.8 Å². The van der Waals surface area contributed by atoms with Crippen molar-refractivity contribution in [3.63, 3.8) is 0 Å². The van der Waals surface area contributed by atoms with Crippen LogP contribution in [0.5, 0.6) is 5.75 Å². The molecule has 204 valence electrons. The van der Waals surface area contributed by atoms with Gasteiger partial charge in [-0.15, -0.1) is 0 Å². The fraction of sp³-hybridized carbons (Fsp3) is 0.556. The number of carbonyl (C=O) groups is 3.